The van der Waals surface area contributed by atoms with E-state index in [2.05, 4.69) is 82.8 Å². The Kier molecular flexibility index (Phi) is 9.14. The van der Waals surface area contributed by atoms with Gasteiger partial charge in [-0.2, -0.15) is 0 Å². The van der Waals surface area contributed by atoms with Gasteiger partial charge in [-0.15, -0.1) is 11.8 Å². The van der Waals surface area contributed by atoms with Crippen molar-refractivity contribution < 1.29 is 14.3 Å². The number of carbonyl (C=O) groups is 1. The molecule has 2 atom stereocenters. The number of azide groups is 1. The third kappa shape index (κ3) is 6.35. The highest BCUT2D eigenvalue weighted by Gasteiger charge is 2.44. The van der Waals surface area contributed by atoms with Crippen LogP contribution in [0, 0.1) is 0 Å². The zero-order chi connectivity index (χ0) is 28.5. The van der Waals surface area contributed by atoms with E-state index in [0.717, 1.165) is 28.0 Å². The summed E-state index contributed by atoms with van der Waals surface area (Å²) in [5, 5.41) is 3.90. The molecule has 0 N–H and O–H groups in total. The summed E-state index contributed by atoms with van der Waals surface area (Å²) in [5.74, 6) is 0.743. The van der Waals surface area contributed by atoms with Crippen molar-refractivity contribution in [3.05, 3.63) is 148 Å². The maximum absolute atomic E-state index is 13.4. The summed E-state index contributed by atoms with van der Waals surface area (Å²) in [5.41, 5.74) is 13.4. The molecule has 1 saturated heterocycles. The van der Waals surface area contributed by atoms with Gasteiger partial charge in [-0.25, -0.2) is 4.79 Å². The van der Waals surface area contributed by atoms with Crippen molar-refractivity contribution in [1.29, 1.82) is 0 Å². The minimum absolute atomic E-state index is 0.0584. The quantitative estimate of drug-likeness (QED) is 0.0850. The van der Waals surface area contributed by atoms with E-state index in [9.17, 15) is 4.79 Å². The molecule has 0 aromatic heterocycles. The van der Waals surface area contributed by atoms with E-state index < -0.39 is 10.8 Å². The lowest BCUT2D eigenvalue weighted by Gasteiger charge is -2.37. The lowest BCUT2D eigenvalue weighted by atomic mass is 9.84. The van der Waals surface area contributed by atoms with Gasteiger partial charge in [-0.05, 0) is 46.3 Å². The summed E-state index contributed by atoms with van der Waals surface area (Å²) < 4.78 is 10.4. The van der Waals surface area contributed by atoms with Crippen LogP contribution in [0.2, 0.25) is 0 Å². The summed E-state index contributed by atoms with van der Waals surface area (Å²) in [6.07, 6.45) is 0.266. The van der Waals surface area contributed by atoms with Crippen molar-refractivity contribution in [3.8, 4) is 5.75 Å². The number of amides is 1. The van der Waals surface area contributed by atoms with E-state index in [4.69, 9.17) is 15.0 Å². The fourth-order valence-electron chi connectivity index (χ4n) is 5.41. The Morgan fingerprint density at radius 1 is 0.902 bits per heavy atom. The first-order chi connectivity index (χ1) is 20.1. The molecule has 0 bridgehead atoms. The van der Waals surface area contributed by atoms with Crippen LogP contribution in [0.4, 0.5) is 4.79 Å². The summed E-state index contributed by atoms with van der Waals surface area (Å²) in [4.78, 5) is 18.1. The number of benzene rings is 4. The van der Waals surface area contributed by atoms with E-state index in [0.29, 0.717) is 13.0 Å². The first-order valence-corrected chi connectivity index (χ1v) is 14.4. The van der Waals surface area contributed by atoms with Crippen molar-refractivity contribution >= 4 is 17.9 Å². The van der Waals surface area contributed by atoms with E-state index in [-0.39, 0.29) is 24.4 Å². The van der Waals surface area contributed by atoms with Crippen LogP contribution < -0.4 is 4.74 Å². The van der Waals surface area contributed by atoms with Gasteiger partial charge in [0.2, 0.25) is 0 Å². The molecule has 4 aromatic carbocycles. The number of rotatable bonds is 10. The van der Waals surface area contributed by atoms with Crippen LogP contribution in [-0.2, 0) is 16.1 Å². The molecule has 1 aliphatic heterocycles. The molecule has 0 spiro atoms. The van der Waals surface area contributed by atoms with Gasteiger partial charge < -0.3 is 14.4 Å². The molecular weight excluding hydrogens is 532 g/mol. The molecule has 7 nitrogen and oxygen atoms in total. The van der Waals surface area contributed by atoms with Gasteiger partial charge in [0.15, 0.2) is 0 Å². The molecule has 0 saturated carbocycles. The van der Waals surface area contributed by atoms with Crippen molar-refractivity contribution in [3.63, 3.8) is 0 Å². The molecule has 0 unspecified atom stereocenters. The van der Waals surface area contributed by atoms with E-state index >= 15 is 0 Å². The average Bonchev–Trinajstić information content (AvgIpc) is 3.45. The highest BCUT2D eigenvalue weighted by Crippen LogP contribution is 2.52. The van der Waals surface area contributed by atoms with Gasteiger partial charge in [-0.1, -0.05) is 108 Å². The predicted octanol–water partition coefficient (Wildman–Crippen LogP) is 7.81. The van der Waals surface area contributed by atoms with E-state index in [1.54, 1.807) is 12.0 Å². The van der Waals surface area contributed by atoms with Gasteiger partial charge in [-0.3, -0.25) is 0 Å². The van der Waals surface area contributed by atoms with Gasteiger partial charge in [0.25, 0.3) is 0 Å². The zero-order valence-electron chi connectivity index (χ0n) is 22.9. The second kappa shape index (κ2) is 13.3. The highest BCUT2D eigenvalue weighted by molar-refractivity contribution is 8.01. The van der Waals surface area contributed by atoms with Crippen LogP contribution in [0.3, 0.4) is 0 Å². The molecule has 8 heteroatoms. The van der Waals surface area contributed by atoms with Crippen LogP contribution >= 0.6 is 11.8 Å². The molecular formula is C33H32N4O3S. The SMILES string of the molecule is COc1ccc(COC(=O)N2C[C@@H](SC(c3ccccc3)(c3ccccc3)c3ccccc3)C[C@H]2CN=[N+]=[N-])cc1. The molecule has 0 aliphatic carbocycles. The van der Waals surface area contributed by atoms with Crippen LogP contribution in [-0.4, -0.2) is 42.5 Å². The summed E-state index contributed by atoms with van der Waals surface area (Å²) in [6, 6.07) is 38.7. The molecule has 4 aromatic rings. The van der Waals surface area contributed by atoms with Gasteiger partial charge in [0, 0.05) is 29.3 Å². The second-order valence-corrected chi connectivity index (χ2v) is 11.4. The molecule has 1 amide bonds. The fraction of sp³-hybridized carbons (Fsp3) is 0.242. The Bertz CT molecular complexity index is 1370. The number of ether oxygens (including phenoxy) is 2. The first kappa shape index (κ1) is 28.1. The number of nitrogens with zero attached hydrogens (tertiary/aromatic N) is 4. The Morgan fingerprint density at radius 3 is 1.93 bits per heavy atom. The Hall–Kier alpha value is -4.39. The van der Waals surface area contributed by atoms with Crippen molar-refractivity contribution in [2.24, 2.45) is 5.11 Å². The minimum Gasteiger partial charge on any atom is -0.497 e. The molecule has 0 radical (unpaired) electrons. The Labute approximate surface area is 244 Å². The summed E-state index contributed by atoms with van der Waals surface area (Å²) in [7, 11) is 1.61. The van der Waals surface area contributed by atoms with E-state index in [1.165, 1.54) is 0 Å². The van der Waals surface area contributed by atoms with Gasteiger partial charge in [0.1, 0.15) is 12.4 Å². The van der Waals surface area contributed by atoms with E-state index in [1.807, 2.05) is 54.2 Å². The third-order valence-electron chi connectivity index (χ3n) is 7.37. The lowest BCUT2D eigenvalue weighted by molar-refractivity contribution is 0.0932. The average molecular weight is 565 g/mol. The normalized spacial score (nSPS) is 16.6. The zero-order valence-corrected chi connectivity index (χ0v) is 23.7. The van der Waals surface area contributed by atoms with Crippen molar-refractivity contribution in [2.45, 2.75) is 29.1 Å². The number of methoxy groups -OCH3 is 1. The molecule has 1 aliphatic rings. The largest absolute Gasteiger partial charge is 0.497 e. The van der Waals surface area contributed by atoms with Gasteiger partial charge >= 0.3 is 6.09 Å². The monoisotopic (exact) mass is 564 g/mol. The number of carbonyl (C=O) groups excluding carboxylic acids is 1. The Balaban J connectivity index is 1.45. The molecule has 5 rings (SSSR count). The standard InChI is InChI=1S/C33H32N4O3S/c1-39-30-19-17-25(18-20-30)24-40-32(38)37-23-31(21-29(37)22-35-36-34)41-33(26-11-5-2-6-12-26,27-13-7-3-8-14-27)28-15-9-4-10-16-28/h2-20,29,31H,21-24H2,1H3/t29-,31-/m0/s1. The smallest absolute Gasteiger partial charge is 0.410 e. The number of hydrogen-bond donors (Lipinski definition) is 0. The van der Waals surface area contributed by atoms with Crippen LogP contribution in [0.25, 0.3) is 10.4 Å². The van der Waals surface area contributed by atoms with Crippen LogP contribution in [0.15, 0.2) is 120 Å². The lowest BCUT2D eigenvalue weighted by Crippen LogP contribution is -2.38. The minimum atomic E-state index is -0.513. The predicted molar refractivity (Wildman–Crippen MR) is 163 cm³/mol. The van der Waals surface area contributed by atoms with Crippen LogP contribution in [0.1, 0.15) is 28.7 Å². The summed E-state index contributed by atoms with van der Waals surface area (Å²) in [6.45, 7) is 0.819. The number of likely N-dealkylation sites (tertiary alicyclic amines) is 1. The first-order valence-electron chi connectivity index (χ1n) is 13.6. The highest BCUT2D eigenvalue weighted by atomic mass is 32.2. The second-order valence-electron chi connectivity index (χ2n) is 9.88. The van der Waals surface area contributed by atoms with Crippen molar-refractivity contribution in [2.75, 3.05) is 20.2 Å². The number of hydrogen-bond acceptors (Lipinski definition) is 5. The van der Waals surface area contributed by atoms with Gasteiger partial charge in [0.05, 0.1) is 11.9 Å². The van der Waals surface area contributed by atoms with Crippen molar-refractivity contribution in [1.82, 2.24) is 4.90 Å². The Morgan fingerprint density at radius 2 is 1.44 bits per heavy atom. The summed E-state index contributed by atoms with van der Waals surface area (Å²) >= 11 is 1.84. The third-order valence-corrected chi connectivity index (χ3v) is 9.11. The maximum atomic E-state index is 13.4. The molecule has 208 valence electrons. The number of thioether (sulfide) groups is 1. The molecule has 41 heavy (non-hydrogen) atoms. The maximum Gasteiger partial charge on any atom is 0.410 e. The topological polar surface area (TPSA) is 87.5 Å². The van der Waals surface area contributed by atoms with Crippen LogP contribution in [0.5, 0.6) is 5.75 Å². The molecule has 1 heterocycles. The fourth-order valence-corrected chi connectivity index (χ4v) is 7.28. The molecule has 1 fully saturated rings.